The first kappa shape index (κ1) is 18.6. The van der Waals surface area contributed by atoms with Crippen LogP contribution in [0.3, 0.4) is 0 Å². The molecule has 2 nitrogen and oxygen atoms in total. The van der Waals surface area contributed by atoms with Crippen LogP contribution in [-0.4, -0.2) is 17.8 Å². The zero-order valence-electron chi connectivity index (χ0n) is 14.8. The van der Waals surface area contributed by atoms with Gasteiger partial charge >= 0.3 is 0 Å². The Kier molecular flexibility index (Phi) is 6.95. The molecule has 0 amide bonds. The predicted octanol–water partition coefficient (Wildman–Crippen LogP) is 4.41. The van der Waals surface area contributed by atoms with Crippen LogP contribution in [0.25, 0.3) is 0 Å². The molecule has 0 aliphatic heterocycles. The van der Waals surface area contributed by atoms with Gasteiger partial charge in [-0.2, -0.15) is 0 Å². The van der Waals surface area contributed by atoms with Crippen LogP contribution in [0.5, 0.6) is 0 Å². The molecule has 130 valence electrons. The lowest BCUT2D eigenvalue weighted by Gasteiger charge is -2.24. The molecule has 0 aliphatic carbocycles. The maximum atomic E-state index is 13.0. The maximum Gasteiger partial charge on any atom is 0.123 e. The highest BCUT2D eigenvalue weighted by molar-refractivity contribution is 5.28. The van der Waals surface area contributed by atoms with E-state index >= 15 is 0 Å². The predicted molar refractivity (Wildman–Crippen MR) is 97.5 cm³/mol. The van der Waals surface area contributed by atoms with Crippen LogP contribution >= 0.6 is 0 Å². The zero-order valence-corrected chi connectivity index (χ0v) is 14.8. The monoisotopic (exact) mass is 329 g/mol. The van der Waals surface area contributed by atoms with Gasteiger partial charge in [0.05, 0.1) is 6.10 Å². The molecule has 0 aliphatic rings. The molecule has 3 heteroatoms. The van der Waals surface area contributed by atoms with E-state index in [4.69, 9.17) is 0 Å². The number of hydrogen-bond acceptors (Lipinski definition) is 2. The lowest BCUT2D eigenvalue weighted by molar-refractivity contribution is 0.165. The van der Waals surface area contributed by atoms with Crippen molar-refractivity contribution < 1.29 is 9.50 Å². The fraction of sp³-hybridized carbons (Fsp3) is 0.429. The molecular formula is C21H28FNO. The van der Waals surface area contributed by atoms with Gasteiger partial charge in [-0.05, 0) is 54.5 Å². The van der Waals surface area contributed by atoms with Crippen LogP contribution in [0.15, 0.2) is 48.5 Å². The molecule has 2 N–H and O–H groups in total. The molecule has 2 rings (SSSR count). The van der Waals surface area contributed by atoms with E-state index in [1.807, 2.05) is 0 Å². The van der Waals surface area contributed by atoms with Crippen molar-refractivity contribution in [3.8, 4) is 0 Å². The Labute approximate surface area is 144 Å². The summed E-state index contributed by atoms with van der Waals surface area (Å²) >= 11 is 0. The summed E-state index contributed by atoms with van der Waals surface area (Å²) < 4.78 is 13.0. The van der Waals surface area contributed by atoms with Crippen molar-refractivity contribution in [2.45, 2.75) is 45.8 Å². The molecular weight excluding hydrogens is 301 g/mol. The molecule has 0 bridgehead atoms. The Balaban J connectivity index is 1.97. The SMILES string of the molecule is Cc1ccccc1C(CC(C)C)NCC(O)Cc1ccc(F)cc1. The first-order chi connectivity index (χ1) is 11.5. The molecule has 0 fully saturated rings. The summed E-state index contributed by atoms with van der Waals surface area (Å²) in [4.78, 5) is 0. The molecule has 2 atom stereocenters. The minimum atomic E-state index is -0.492. The van der Waals surface area contributed by atoms with Crippen LogP contribution < -0.4 is 5.32 Å². The molecule has 0 heterocycles. The van der Waals surface area contributed by atoms with Gasteiger partial charge < -0.3 is 10.4 Å². The van der Waals surface area contributed by atoms with Crippen LogP contribution in [0, 0.1) is 18.7 Å². The van der Waals surface area contributed by atoms with Gasteiger partial charge in [-0.3, -0.25) is 0 Å². The fourth-order valence-electron chi connectivity index (χ4n) is 3.01. The minimum absolute atomic E-state index is 0.231. The van der Waals surface area contributed by atoms with Crippen molar-refractivity contribution in [3.05, 3.63) is 71.0 Å². The largest absolute Gasteiger partial charge is 0.391 e. The topological polar surface area (TPSA) is 32.3 Å². The van der Waals surface area contributed by atoms with Gasteiger partial charge in [0.1, 0.15) is 5.82 Å². The van der Waals surface area contributed by atoms with Gasteiger partial charge in [-0.1, -0.05) is 50.2 Å². The molecule has 0 saturated carbocycles. The third kappa shape index (κ3) is 5.73. The van der Waals surface area contributed by atoms with Crippen molar-refractivity contribution >= 4 is 0 Å². The second kappa shape index (κ2) is 8.95. The summed E-state index contributed by atoms with van der Waals surface area (Å²) in [6.07, 6.45) is 1.05. The summed E-state index contributed by atoms with van der Waals surface area (Å²) in [6, 6.07) is 14.9. The average molecular weight is 329 g/mol. The van der Waals surface area contributed by atoms with Crippen molar-refractivity contribution in [2.24, 2.45) is 5.92 Å². The van der Waals surface area contributed by atoms with Gasteiger partial charge in [0.25, 0.3) is 0 Å². The zero-order chi connectivity index (χ0) is 17.5. The standard InChI is InChI=1S/C21H28FNO/c1-15(2)12-21(20-7-5-4-6-16(20)3)23-14-19(24)13-17-8-10-18(22)11-9-17/h4-11,15,19,21,23-24H,12-14H2,1-3H3. The van der Waals surface area contributed by atoms with Crippen molar-refractivity contribution in [1.82, 2.24) is 5.32 Å². The van der Waals surface area contributed by atoms with Crippen LogP contribution in [-0.2, 0) is 6.42 Å². The van der Waals surface area contributed by atoms with Crippen molar-refractivity contribution in [2.75, 3.05) is 6.54 Å². The highest BCUT2D eigenvalue weighted by Crippen LogP contribution is 2.24. The first-order valence-electron chi connectivity index (χ1n) is 8.67. The molecule has 24 heavy (non-hydrogen) atoms. The van der Waals surface area contributed by atoms with E-state index in [1.165, 1.54) is 23.3 Å². The minimum Gasteiger partial charge on any atom is -0.391 e. The van der Waals surface area contributed by atoms with Gasteiger partial charge in [-0.25, -0.2) is 4.39 Å². The second-order valence-corrected chi connectivity index (χ2v) is 6.93. The highest BCUT2D eigenvalue weighted by Gasteiger charge is 2.16. The fourth-order valence-corrected chi connectivity index (χ4v) is 3.01. The van der Waals surface area contributed by atoms with Crippen LogP contribution in [0.1, 0.15) is 43.0 Å². The summed E-state index contributed by atoms with van der Waals surface area (Å²) in [5.74, 6) is 0.319. The number of benzene rings is 2. The Morgan fingerprint density at radius 1 is 1.04 bits per heavy atom. The smallest absolute Gasteiger partial charge is 0.123 e. The molecule has 0 aromatic heterocycles. The molecule has 0 spiro atoms. The normalized spacial score (nSPS) is 13.9. The van der Waals surface area contributed by atoms with E-state index in [9.17, 15) is 9.50 Å². The number of hydrogen-bond donors (Lipinski definition) is 2. The molecule has 2 unspecified atom stereocenters. The van der Waals surface area contributed by atoms with Crippen molar-refractivity contribution in [1.29, 1.82) is 0 Å². The average Bonchev–Trinajstić information content (AvgIpc) is 2.54. The van der Waals surface area contributed by atoms with Gasteiger partial charge in [0.15, 0.2) is 0 Å². The van der Waals surface area contributed by atoms with Crippen molar-refractivity contribution in [3.63, 3.8) is 0 Å². The summed E-state index contributed by atoms with van der Waals surface area (Å²) in [5.41, 5.74) is 3.51. The number of nitrogens with one attached hydrogen (secondary N) is 1. The Morgan fingerprint density at radius 3 is 2.33 bits per heavy atom. The lowest BCUT2D eigenvalue weighted by Crippen LogP contribution is -2.32. The lowest BCUT2D eigenvalue weighted by atomic mass is 9.93. The van der Waals surface area contributed by atoms with E-state index in [-0.39, 0.29) is 11.9 Å². The van der Waals surface area contributed by atoms with Crippen LogP contribution in [0.2, 0.25) is 0 Å². The number of rotatable bonds is 8. The Bertz CT molecular complexity index is 624. The Hall–Kier alpha value is -1.71. The van der Waals surface area contributed by atoms with E-state index in [0.717, 1.165) is 12.0 Å². The summed E-state index contributed by atoms with van der Waals surface area (Å²) in [7, 11) is 0. The van der Waals surface area contributed by atoms with Gasteiger partial charge in [0, 0.05) is 12.6 Å². The van der Waals surface area contributed by atoms with E-state index < -0.39 is 6.10 Å². The Morgan fingerprint density at radius 2 is 1.71 bits per heavy atom. The first-order valence-corrected chi connectivity index (χ1v) is 8.67. The van der Waals surface area contributed by atoms with Crippen LogP contribution in [0.4, 0.5) is 4.39 Å². The summed E-state index contributed by atoms with van der Waals surface area (Å²) in [6.45, 7) is 7.06. The third-order valence-corrected chi connectivity index (χ3v) is 4.26. The summed E-state index contributed by atoms with van der Waals surface area (Å²) in [5, 5.41) is 13.8. The van der Waals surface area contributed by atoms with E-state index in [1.54, 1.807) is 12.1 Å². The number of aliphatic hydroxyl groups excluding tert-OH is 1. The van der Waals surface area contributed by atoms with Gasteiger partial charge in [-0.15, -0.1) is 0 Å². The second-order valence-electron chi connectivity index (χ2n) is 6.93. The molecule has 2 aromatic carbocycles. The van der Waals surface area contributed by atoms with Gasteiger partial charge in [0.2, 0.25) is 0 Å². The molecule has 0 radical (unpaired) electrons. The number of aryl methyl sites for hydroxylation is 1. The number of aliphatic hydroxyl groups is 1. The highest BCUT2D eigenvalue weighted by atomic mass is 19.1. The number of halogens is 1. The van der Waals surface area contributed by atoms with E-state index in [2.05, 4.69) is 50.4 Å². The third-order valence-electron chi connectivity index (χ3n) is 4.26. The maximum absolute atomic E-state index is 13.0. The molecule has 2 aromatic rings. The quantitative estimate of drug-likeness (QED) is 0.751. The molecule has 0 saturated heterocycles. The van der Waals surface area contributed by atoms with E-state index in [0.29, 0.717) is 18.9 Å².